The summed E-state index contributed by atoms with van der Waals surface area (Å²) < 4.78 is 0. The lowest BCUT2D eigenvalue weighted by molar-refractivity contribution is -0.118. The molecular weight excluding hydrogens is 224 g/mol. The zero-order valence-electron chi connectivity index (χ0n) is 9.11. The first-order valence-corrected chi connectivity index (χ1v) is 5.20. The highest BCUT2D eigenvalue weighted by molar-refractivity contribution is 5.86. The van der Waals surface area contributed by atoms with Gasteiger partial charge in [0.15, 0.2) is 5.69 Å². The standard InChI is InChI=1S/C10H12N4O3/c15-7-13-1-3-14(4-2-13)9-5-8(10(16)17)11-6-12-9/h5-7H,1-4H2,(H,16,17). The van der Waals surface area contributed by atoms with E-state index in [9.17, 15) is 9.59 Å². The number of anilines is 1. The summed E-state index contributed by atoms with van der Waals surface area (Å²) in [6.45, 7) is 2.54. The Bertz CT molecular complexity index is 429. The van der Waals surface area contributed by atoms with Gasteiger partial charge in [0.05, 0.1) is 0 Å². The average Bonchev–Trinajstić information content (AvgIpc) is 2.39. The molecule has 1 aromatic rings. The molecular formula is C10H12N4O3. The van der Waals surface area contributed by atoms with Crippen molar-refractivity contribution in [1.29, 1.82) is 0 Å². The lowest BCUT2D eigenvalue weighted by atomic mass is 10.3. The predicted octanol–water partition coefficient (Wildman–Crippen LogP) is -0.547. The van der Waals surface area contributed by atoms with Crippen molar-refractivity contribution in [1.82, 2.24) is 14.9 Å². The smallest absolute Gasteiger partial charge is 0.354 e. The molecule has 1 saturated heterocycles. The minimum absolute atomic E-state index is 0.0205. The summed E-state index contributed by atoms with van der Waals surface area (Å²) in [6, 6.07) is 1.44. The Morgan fingerprint density at radius 1 is 1.29 bits per heavy atom. The maximum absolute atomic E-state index is 10.8. The molecule has 1 aliphatic rings. The van der Waals surface area contributed by atoms with Crippen LogP contribution in [0.2, 0.25) is 0 Å². The van der Waals surface area contributed by atoms with E-state index in [0.29, 0.717) is 32.0 Å². The second kappa shape index (κ2) is 4.77. The van der Waals surface area contributed by atoms with Gasteiger partial charge in [-0.3, -0.25) is 4.79 Å². The molecule has 0 bridgehead atoms. The second-order valence-corrected chi connectivity index (χ2v) is 3.70. The van der Waals surface area contributed by atoms with Crippen LogP contribution in [0.4, 0.5) is 5.82 Å². The van der Waals surface area contributed by atoms with Crippen molar-refractivity contribution < 1.29 is 14.7 Å². The number of carbonyl (C=O) groups is 2. The molecule has 17 heavy (non-hydrogen) atoms. The van der Waals surface area contributed by atoms with Crippen molar-refractivity contribution in [2.75, 3.05) is 31.1 Å². The molecule has 0 atom stereocenters. The number of aromatic nitrogens is 2. The Hall–Kier alpha value is -2.18. The van der Waals surface area contributed by atoms with Gasteiger partial charge in [-0.05, 0) is 0 Å². The van der Waals surface area contributed by atoms with Gasteiger partial charge in [0.2, 0.25) is 6.41 Å². The molecule has 1 fully saturated rings. The molecule has 1 aliphatic heterocycles. The molecule has 0 aliphatic carbocycles. The van der Waals surface area contributed by atoms with Crippen molar-refractivity contribution >= 4 is 18.2 Å². The van der Waals surface area contributed by atoms with E-state index in [-0.39, 0.29) is 5.69 Å². The largest absolute Gasteiger partial charge is 0.477 e. The van der Waals surface area contributed by atoms with E-state index in [4.69, 9.17) is 5.11 Å². The van der Waals surface area contributed by atoms with E-state index in [1.165, 1.54) is 12.4 Å². The van der Waals surface area contributed by atoms with Crippen LogP contribution in [-0.2, 0) is 4.79 Å². The summed E-state index contributed by atoms with van der Waals surface area (Å²) in [4.78, 5) is 32.6. The van der Waals surface area contributed by atoms with Crippen LogP contribution in [0.25, 0.3) is 0 Å². The van der Waals surface area contributed by atoms with Crippen LogP contribution < -0.4 is 4.90 Å². The number of nitrogens with zero attached hydrogens (tertiary/aromatic N) is 4. The third kappa shape index (κ3) is 2.49. The molecule has 2 heterocycles. The highest BCUT2D eigenvalue weighted by atomic mass is 16.4. The number of amides is 1. The first-order valence-electron chi connectivity index (χ1n) is 5.20. The maximum atomic E-state index is 10.8. The normalized spacial score (nSPS) is 15.8. The number of piperazine rings is 1. The first-order chi connectivity index (χ1) is 8.20. The fraction of sp³-hybridized carbons (Fsp3) is 0.400. The van der Waals surface area contributed by atoms with Gasteiger partial charge in [-0.25, -0.2) is 14.8 Å². The summed E-state index contributed by atoms with van der Waals surface area (Å²) in [5.41, 5.74) is -0.0205. The molecule has 0 spiro atoms. The summed E-state index contributed by atoms with van der Waals surface area (Å²) in [6.07, 6.45) is 2.06. The minimum Gasteiger partial charge on any atom is -0.477 e. The van der Waals surface area contributed by atoms with Crippen molar-refractivity contribution in [3.63, 3.8) is 0 Å². The van der Waals surface area contributed by atoms with Crippen molar-refractivity contribution in [2.45, 2.75) is 0 Å². The molecule has 1 aromatic heterocycles. The van der Waals surface area contributed by atoms with Gasteiger partial charge in [-0.2, -0.15) is 0 Å². The third-order valence-corrected chi connectivity index (χ3v) is 2.66. The molecule has 7 nitrogen and oxygen atoms in total. The summed E-state index contributed by atoms with van der Waals surface area (Å²) in [7, 11) is 0. The van der Waals surface area contributed by atoms with Crippen molar-refractivity contribution in [2.24, 2.45) is 0 Å². The molecule has 2 rings (SSSR count). The van der Waals surface area contributed by atoms with Gasteiger partial charge < -0.3 is 14.9 Å². The lowest BCUT2D eigenvalue weighted by Crippen LogP contribution is -2.46. The topological polar surface area (TPSA) is 86.6 Å². The Morgan fingerprint density at radius 3 is 2.59 bits per heavy atom. The summed E-state index contributed by atoms with van der Waals surface area (Å²) in [5.74, 6) is -0.483. The van der Waals surface area contributed by atoms with Crippen LogP contribution in [-0.4, -0.2) is 58.5 Å². The number of hydrogen-bond donors (Lipinski definition) is 1. The van der Waals surface area contributed by atoms with Crippen molar-refractivity contribution in [3.8, 4) is 0 Å². The van der Waals surface area contributed by atoms with Gasteiger partial charge in [0.25, 0.3) is 0 Å². The SMILES string of the molecule is O=CN1CCN(c2cc(C(=O)O)ncn2)CC1. The van der Waals surface area contributed by atoms with Crippen LogP contribution in [0, 0.1) is 0 Å². The molecule has 0 aromatic carbocycles. The monoisotopic (exact) mass is 236 g/mol. The number of hydrogen-bond acceptors (Lipinski definition) is 5. The van der Waals surface area contributed by atoms with E-state index in [0.717, 1.165) is 6.41 Å². The minimum atomic E-state index is -1.07. The van der Waals surface area contributed by atoms with Gasteiger partial charge in [0, 0.05) is 32.2 Å². The maximum Gasteiger partial charge on any atom is 0.354 e. The number of rotatable bonds is 3. The number of carbonyl (C=O) groups excluding carboxylic acids is 1. The number of carboxylic acids is 1. The highest BCUT2D eigenvalue weighted by Crippen LogP contribution is 2.13. The van der Waals surface area contributed by atoms with E-state index in [1.807, 2.05) is 4.90 Å². The van der Waals surface area contributed by atoms with E-state index < -0.39 is 5.97 Å². The number of carboxylic acid groups (broad SMARTS) is 1. The Kier molecular flexibility index (Phi) is 3.17. The zero-order chi connectivity index (χ0) is 12.3. The van der Waals surface area contributed by atoms with Gasteiger partial charge in [-0.1, -0.05) is 0 Å². The van der Waals surface area contributed by atoms with Crippen LogP contribution in [0.3, 0.4) is 0 Å². The Labute approximate surface area is 97.7 Å². The first kappa shape index (κ1) is 11.3. The molecule has 0 saturated carbocycles. The summed E-state index contributed by atoms with van der Waals surface area (Å²) in [5, 5.41) is 8.82. The predicted molar refractivity (Wildman–Crippen MR) is 58.8 cm³/mol. The number of aromatic carboxylic acids is 1. The van der Waals surface area contributed by atoms with Crippen LogP contribution >= 0.6 is 0 Å². The Balaban J connectivity index is 2.10. The van der Waals surface area contributed by atoms with E-state index in [1.54, 1.807) is 4.90 Å². The van der Waals surface area contributed by atoms with Gasteiger partial charge >= 0.3 is 5.97 Å². The van der Waals surface area contributed by atoms with Crippen LogP contribution in [0.5, 0.6) is 0 Å². The van der Waals surface area contributed by atoms with Crippen LogP contribution in [0.1, 0.15) is 10.5 Å². The fourth-order valence-electron chi connectivity index (χ4n) is 1.69. The zero-order valence-corrected chi connectivity index (χ0v) is 9.11. The molecule has 1 amide bonds. The second-order valence-electron chi connectivity index (χ2n) is 3.70. The van der Waals surface area contributed by atoms with Gasteiger partial charge in [-0.15, -0.1) is 0 Å². The van der Waals surface area contributed by atoms with Gasteiger partial charge in [0.1, 0.15) is 12.1 Å². The molecule has 0 unspecified atom stereocenters. The molecule has 1 N–H and O–H groups in total. The Morgan fingerprint density at radius 2 is 2.00 bits per heavy atom. The lowest BCUT2D eigenvalue weighted by Gasteiger charge is -2.33. The molecule has 0 radical (unpaired) electrons. The fourth-order valence-corrected chi connectivity index (χ4v) is 1.69. The quantitative estimate of drug-likeness (QED) is 0.709. The average molecular weight is 236 g/mol. The highest BCUT2D eigenvalue weighted by Gasteiger charge is 2.17. The molecule has 7 heteroatoms. The third-order valence-electron chi connectivity index (χ3n) is 2.66. The van der Waals surface area contributed by atoms with E-state index in [2.05, 4.69) is 9.97 Å². The van der Waals surface area contributed by atoms with E-state index >= 15 is 0 Å². The molecule has 90 valence electrons. The summed E-state index contributed by atoms with van der Waals surface area (Å²) >= 11 is 0. The van der Waals surface area contributed by atoms with Crippen molar-refractivity contribution in [3.05, 3.63) is 18.1 Å². The van der Waals surface area contributed by atoms with Crippen LogP contribution in [0.15, 0.2) is 12.4 Å².